The van der Waals surface area contributed by atoms with Crippen molar-refractivity contribution in [3.05, 3.63) is 42.2 Å². The summed E-state index contributed by atoms with van der Waals surface area (Å²) in [5.74, 6) is 0.150. The van der Waals surface area contributed by atoms with E-state index in [4.69, 9.17) is 0 Å². The minimum Gasteiger partial charge on any atom is -0.349 e. The lowest BCUT2D eigenvalue weighted by Gasteiger charge is -2.10. The normalized spacial score (nSPS) is 10.6. The molecule has 19 heavy (non-hydrogen) atoms. The highest BCUT2D eigenvalue weighted by Crippen LogP contribution is 2.14. The van der Waals surface area contributed by atoms with Crippen LogP contribution in [-0.4, -0.2) is 36.4 Å². The molecule has 0 unspecified atom stereocenters. The molecule has 1 N–H and O–H groups in total. The third-order valence-electron chi connectivity index (χ3n) is 3.05. The largest absolute Gasteiger partial charge is 0.349 e. The highest BCUT2D eigenvalue weighted by molar-refractivity contribution is 5.82. The van der Waals surface area contributed by atoms with E-state index in [0.717, 1.165) is 11.9 Å². The summed E-state index contributed by atoms with van der Waals surface area (Å²) in [5, 5.41) is 5.63. The Hall–Kier alpha value is -1.94. The lowest BCUT2D eigenvalue weighted by molar-refractivity contribution is -0.128. The second-order valence-corrected chi connectivity index (χ2v) is 4.77. The molecule has 2 rings (SSSR count). The van der Waals surface area contributed by atoms with Gasteiger partial charge >= 0.3 is 0 Å². The first kappa shape index (κ1) is 13.5. The number of carbonyl (C=O) groups excluding carboxylic acids is 1. The first-order valence-electron chi connectivity index (χ1n) is 6.40. The van der Waals surface area contributed by atoms with Gasteiger partial charge in [-0.2, -0.15) is 0 Å². The van der Waals surface area contributed by atoms with Gasteiger partial charge in [-0.15, -0.1) is 0 Å². The average molecular weight is 257 g/mol. The molecule has 0 spiro atoms. The van der Waals surface area contributed by atoms with E-state index in [-0.39, 0.29) is 5.91 Å². The molecule has 0 fully saturated rings. The summed E-state index contributed by atoms with van der Waals surface area (Å²) in [4.78, 5) is 17.1. The zero-order chi connectivity index (χ0) is 13.7. The molecule has 1 aromatic heterocycles. The second-order valence-electron chi connectivity index (χ2n) is 4.77. The van der Waals surface area contributed by atoms with Crippen molar-refractivity contribution < 1.29 is 4.79 Å². The van der Waals surface area contributed by atoms with E-state index in [1.165, 1.54) is 10.9 Å². The second kappa shape index (κ2) is 6.29. The van der Waals surface area contributed by atoms with E-state index in [2.05, 4.69) is 28.5 Å². The predicted octanol–water partition coefficient (Wildman–Crippen LogP) is 1.80. The fraction of sp³-hybridized carbons (Fsp3) is 0.333. The summed E-state index contributed by atoms with van der Waals surface area (Å²) in [6.07, 6.45) is 4.20. The Labute approximate surface area is 113 Å². The lowest BCUT2D eigenvalue weighted by atomic mass is 10.1. The molecule has 100 valence electrons. The van der Waals surface area contributed by atoms with Gasteiger partial charge in [-0.25, -0.2) is 0 Å². The van der Waals surface area contributed by atoms with Crippen molar-refractivity contribution >= 4 is 16.7 Å². The van der Waals surface area contributed by atoms with Crippen molar-refractivity contribution in [3.8, 4) is 0 Å². The Morgan fingerprint density at radius 3 is 2.89 bits per heavy atom. The van der Waals surface area contributed by atoms with E-state index >= 15 is 0 Å². The maximum absolute atomic E-state index is 11.4. The van der Waals surface area contributed by atoms with Crippen molar-refractivity contribution in [2.24, 2.45) is 0 Å². The van der Waals surface area contributed by atoms with Crippen molar-refractivity contribution in [1.29, 1.82) is 0 Å². The molecule has 0 bridgehead atoms. The third kappa shape index (κ3) is 3.76. The van der Waals surface area contributed by atoms with Gasteiger partial charge in [-0.05, 0) is 23.1 Å². The number of aromatic nitrogens is 1. The Balaban J connectivity index is 1.86. The van der Waals surface area contributed by atoms with E-state index < -0.39 is 0 Å². The Bertz CT molecular complexity index is 566. The van der Waals surface area contributed by atoms with Crippen LogP contribution in [0.4, 0.5) is 0 Å². The number of hydrogen-bond acceptors (Lipinski definition) is 3. The Morgan fingerprint density at radius 2 is 2.11 bits per heavy atom. The summed E-state index contributed by atoms with van der Waals surface area (Å²) in [5.41, 5.74) is 1.22. The van der Waals surface area contributed by atoms with Gasteiger partial charge in [-0.3, -0.25) is 9.78 Å². The molecule has 1 amide bonds. The van der Waals surface area contributed by atoms with Crippen molar-refractivity contribution in [2.75, 3.05) is 20.6 Å². The van der Waals surface area contributed by atoms with E-state index in [9.17, 15) is 4.79 Å². The lowest BCUT2D eigenvalue weighted by Crippen LogP contribution is -2.26. The van der Waals surface area contributed by atoms with Gasteiger partial charge < -0.3 is 10.2 Å². The molecule has 0 aliphatic rings. The number of rotatable bonds is 5. The molecule has 2 aromatic rings. The first-order valence-corrected chi connectivity index (χ1v) is 6.40. The zero-order valence-electron chi connectivity index (χ0n) is 11.4. The summed E-state index contributed by atoms with van der Waals surface area (Å²) < 4.78 is 0. The first-order chi connectivity index (χ1) is 9.16. The number of amides is 1. The van der Waals surface area contributed by atoms with Crippen LogP contribution in [0.2, 0.25) is 0 Å². The third-order valence-corrected chi connectivity index (χ3v) is 3.05. The number of pyridine rings is 1. The number of nitrogens with zero attached hydrogens (tertiary/aromatic N) is 2. The summed E-state index contributed by atoms with van der Waals surface area (Å²) >= 11 is 0. The van der Waals surface area contributed by atoms with Crippen LogP contribution in [-0.2, 0) is 11.3 Å². The summed E-state index contributed by atoms with van der Waals surface area (Å²) in [6, 6.07) is 8.32. The van der Waals surface area contributed by atoms with Gasteiger partial charge in [0.05, 0.1) is 0 Å². The number of carbonyl (C=O) groups is 1. The smallest absolute Gasteiger partial charge is 0.223 e. The molecular weight excluding hydrogens is 238 g/mol. The van der Waals surface area contributed by atoms with Crippen molar-refractivity contribution in [3.63, 3.8) is 0 Å². The van der Waals surface area contributed by atoms with Gasteiger partial charge in [0.2, 0.25) is 5.91 Å². The molecule has 1 aromatic carbocycles. The zero-order valence-corrected chi connectivity index (χ0v) is 11.4. The van der Waals surface area contributed by atoms with Gasteiger partial charge in [-0.1, -0.05) is 12.1 Å². The highest BCUT2D eigenvalue weighted by atomic mass is 16.2. The minimum atomic E-state index is 0.150. The molecule has 0 radical (unpaired) electrons. The highest BCUT2D eigenvalue weighted by Gasteiger charge is 2.02. The van der Waals surface area contributed by atoms with Crippen LogP contribution in [0, 0.1) is 0 Å². The Morgan fingerprint density at radius 1 is 1.26 bits per heavy atom. The molecule has 0 aliphatic carbocycles. The fourth-order valence-corrected chi connectivity index (χ4v) is 1.89. The SMILES string of the molecule is CN(C)C(=O)CCNCc1ccc2cnccc2c1. The maximum Gasteiger partial charge on any atom is 0.223 e. The van der Waals surface area contributed by atoms with Crippen LogP contribution in [0.15, 0.2) is 36.7 Å². The van der Waals surface area contributed by atoms with E-state index in [1.54, 1.807) is 25.2 Å². The van der Waals surface area contributed by atoms with Crippen LogP contribution < -0.4 is 5.32 Å². The monoisotopic (exact) mass is 257 g/mol. The molecule has 0 saturated carbocycles. The molecule has 1 heterocycles. The molecular formula is C15H19N3O. The van der Waals surface area contributed by atoms with Crippen LogP contribution in [0.3, 0.4) is 0 Å². The number of fused-ring (bicyclic) bond motifs is 1. The van der Waals surface area contributed by atoms with Crippen molar-refractivity contribution in [1.82, 2.24) is 15.2 Å². The van der Waals surface area contributed by atoms with Crippen molar-refractivity contribution in [2.45, 2.75) is 13.0 Å². The maximum atomic E-state index is 11.4. The van der Waals surface area contributed by atoms with E-state index in [1.807, 2.05) is 12.3 Å². The van der Waals surface area contributed by atoms with Gasteiger partial charge in [0, 0.05) is 51.4 Å². The van der Waals surface area contributed by atoms with Gasteiger partial charge in [0.25, 0.3) is 0 Å². The van der Waals surface area contributed by atoms with Crippen LogP contribution in [0.1, 0.15) is 12.0 Å². The van der Waals surface area contributed by atoms with Crippen LogP contribution in [0.25, 0.3) is 10.8 Å². The number of hydrogen-bond donors (Lipinski definition) is 1. The predicted molar refractivity (Wildman–Crippen MR) is 76.8 cm³/mol. The molecule has 0 saturated heterocycles. The number of benzene rings is 1. The van der Waals surface area contributed by atoms with Gasteiger partial charge in [0.15, 0.2) is 0 Å². The molecule has 4 nitrogen and oxygen atoms in total. The van der Waals surface area contributed by atoms with E-state index in [0.29, 0.717) is 13.0 Å². The minimum absolute atomic E-state index is 0.150. The number of nitrogens with one attached hydrogen (secondary N) is 1. The Kier molecular flexibility index (Phi) is 4.47. The molecule has 4 heteroatoms. The molecule has 0 atom stereocenters. The van der Waals surface area contributed by atoms with Crippen LogP contribution in [0.5, 0.6) is 0 Å². The molecule has 0 aliphatic heterocycles. The standard InChI is InChI=1S/C15H19N3O/c1-18(2)15(19)6-8-16-10-12-3-4-14-11-17-7-5-13(14)9-12/h3-5,7,9,11,16H,6,8,10H2,1-2H3. The fourth-order valence-electron chi connectivity index (χ4n) is 1.89. The van der Waals surface area contributed by atoms with Gasteiger partial charge in [0.1, 0.15) is 0 Å². The summed E-state index contributed by atoms with van der Waals surface area (Å²) in [6.45, 7) is 1.48. The topological polar surface area (TPSA) is 45.2 Å². The summed E-state index contributed by atoms with van der Waals surface area (Å²) in [7, 11) is 3.55. The average Bonchev–Trinajstić information content (AvgIpc) is 2.43. The quantitative estimate of drug-likeness (QED) is 0.831. The van der Waals surface area contributed by atoms with Crippen LogP contribution >= 0.6 is 0 Å².